The van der Waals surface area contributed by atoms with Crippen LogP contribution in [0, 0.1) is 17.2 Å². The monoisotopic (exact) mass is 297 g/mol. The minimum absolute atomic E-state index is 0.194. The molecule has 0 unspecified atom stereocenters. The maximum atomic E-state index is 12.2. The summed E-state index contributed by atoms with van der Waals surface area (Å²) < 4.78 is 0. The largest absolute Gasteiger partial charge is 0.312 e. The SMILES string of the molecule is C[C@@H]1CCc2c(sc(NC(=O)c3ccncc3)c2C#N)C1. The van der Waals surface area contributed by atoms with E-state index in [0.717, 1.165) is 24.8 Å². The smallest absolute Gasteiger partial charge is 0.256 e. The molecule has 0 aromatic carbocycles. The van der Waals surface area contributed by atoms with Gasteiger partial charge in [0.15, 0.2) is 0 Å². The zero-order chi connectivity index (χ0) is 14.8. The van der Waals surface area contributed by atoms with E-state index in [1.807, 2.05) is 0 Å². The van der Waals surface area contributed by atoms with Crippen molar-refractivity contribution in [1.82, 2.24) is 4.98 Å². The fraction of sp³-hybridized carbons (Fsp3) is 0.312. The highest BCUT2D eigenvalue weighted by atomic mass is 32.1. The van der Waals surface area contributed by atoms with Gasteiger partial charge < -0.3 is 5.32 Å². The first-order valence-electron chi connectivity index (χ1n) is 6.95. The van der Waals surface area contributed by atoms with Crippen LogP contribution in [0.15, 0.2) is 24.5 Å². The first-order chi connectivity index (χ1) is 10.2. The highest BCUT2D eigenvalue weighted by molar-refractivity contribution is 7.16. The number of fused-ring (bicyclic) bond motifs is 1. The van der Waals surface area contributed by atoms with Gasteiger partial charge in [0.1, 0.15) is 11.1 Å². The van der Waals surface area contributed by atoms with Crippen LogP contribution in [0.1, 0.15) is 39.7 Å². The Balaban J connectivity index is 1.90. The molecule has 1 N–H and O–H groups in total. The molecule has 0 saturated heterocycles. The molecular weight excluding hydrogens is 282 g/mol. The van der Waals surface area contributed by atoms with Gasteiger partial charge in [0.2, 0.25) is 0 Å². The number of thiophene rings is 1. The number of carbonyl (C=O) groups is 1. The lowest BCUT2D eigenvalue weighted by atomic mass is 9.88. The molecule has 21 heavy (non-hydrogen) atoms. The minimum Gasteiger partial charge on any atom is -0.312 e. The van der Waals surface area contributed by atoms with Gasteiger partial charge in [-0.2, -0.15) is 5.26 Å². The molecule has 0 bridgehead atoms. The lowest BCUT2D eigenvalue weighted by Gasteiger charge is -2.17. The lowest BCUT2D eigenvalue weighted by molar-refractivity contribution is 0.102. The molecule has 2 heterocycles. The number of anilines is 1. The number of hydrogen-bond donors (Lipinski definition) is 1. The maximum absolute atomic E-state index is 12.2. The summed E-state index contributed by atoms with van der Waals surface area (Å²) in [7, 11) is 0. The summed E-state index contributed by atoms with van der Waals surface area (Å²) in [6, 6.07) is 5.59. The topological polar surface area (TPSA) is 65.8 Å². The summed E-state index contributed by atoms with van der Waals surface area (Å²) in [5.41, 5.74) is 2.32. The van der Waals surface area contributed by atoms with Gasteiger partial charge in [-0.3, -0.25) is 9.78 Å². The van der Waals surface area contributed by atoms with Gasteiger partial charge in [0.25, 0.3) is 5.91 Å². The van der Waals surface area contributed by atoms with Crippen LogP contribution in [-0.2, 0) is 12.8 Å². The van der Waals surface area contributed by atoms with Crippen LogP contribution in [-0.4, -0.2) is 10.9 Å². The minimum atomic E-state index is -0.194. The zero-order valence-corrected chi connectivity index (χ0v) is 12.5. The molecule has 0 spiro atoms. The molecule has 1 amide bonds. The fourth-order valence-electron chi connectivity index (χ4n) is 2.64. The van der Waals surface area contributed by atoms with Crippen LogP contribution in [0.5, 0.6) is 0 Å². The summed E-state index contributed by atoms with van der Waals surface area (Å²) in [5.74, 6) is 0.451. The zero-order valence-electron chi connectivity index (χ0n) is 11.7. The Morgan fingerprint density at radius 2 is 2.24 bits per heavy atom. The van der Waals surface area contributed by atoms with Crippen LogP contribution in [0.25, 0.3) is 0 Å². The van der Waals surface area contributed by atoms with Crippen molar-refractivity contribution in [2.45, 2.75) is 26.2 Å². The molecule has 4 nitrogen and oxygen atoms in total. The Hall–Kier alpha value is -2.19. The molecule has 1 aliphatic carbocycles. The van der Waals surface area contributed by atoms with E-state index in [0.29, 0.717) is 22.0 Å². The second-order valence-corrected chi connectivity index (χ2v) is 6.46. The van der Waals surface area contributed by atoms with Gasteiger partial charge in [0.05, 0.1) is 5.56 Å². The Bertz CT molecular complexity index is 715. The third-order valence-corrected chi connectivity index (χ3v) is 4.96. The van der Waals surface area contributed by atoms with Crippen molar-refractivity contribution >= 4 is 22.2 Å². The second-order valence-electron chi connectivity index (χ2n) is 5.36. The van der Waals surface area contributed by atoms with Crippen LogP contribution < -0.4 is 5.32 Å². The van der Waals surface area contributed by atoms with Crippen molar-refractivity contribution in [1.29, 1.82) is 5.26 Å². The van der Waals surface area contributed by atoms with Crippen LogP contribution in [0.2, 0.25) is 0 Å². The van der Waals surface area contributed by atoms with Crippen LogP contribution in [0.4, 0.5) is 5.00 Å². The predicted octanol–water partition coefficient (Wildman–Crippen LogP) is 3.39. The summed E-state index contributed by atoms with van der Waals surface area (Å²) in [5, 5.41) is 13.0. The third-order valence-electron chi connectivity index (χ3n) is 3.79. The number of hydrogen-bond acceptors (Lipinski definition) is 4. The summed E-state index contributed by atoms with van der Waals surface area (Å²) >= 11 is 1.54. The molecule has 0 saturated carbocycles. The number of amides is 1. The Labute approximate surface area is 127 Å². The molecule has 106 valence electrons. The molecule has 1 atom stereocenters. The molecule has 0 fully saturated rings. The number of nitrogens with zero attached hydrogens (tertiary/aromatic N) is 2. The molecule has 0 radical (unpaired) electrons. The van der Waals surface area contributed by atoms with Crippen molar-refractivity contribution in [2.24, 2.45) is 5.92 Å². The Morgan fingerprint density at radius 1 is 1.48 bits per heavy atom. The van der Waals surface area contributed by atoms with Crippen LogP contribution >= 0.6 is 11.3 Å². The average Bonchev–Trinajstić information content (AvgIpc) is 2.84. The number of pyridine rings is 1. The first kappa shape index (κ1) is 13.8. The van der Waals surface area contributed by atoms with E-state index in [9.17, 15) is 10.1 Å². The highest BCUT2D eigenvalue weighted by Gasteiger charge is 2.24. The Kier molecular flexibility index (Phi) is 3.72. The number of nitrogens with one attached hydrogen (secondary N) is 1. The highest BCUT2D eigenvalue weighted by Crippen LogP contribution is 2.39. The van der Waals surface area contributed by atoms with E-state index in [-0.39, 0.29) is 5.91 Å². The number of carbonyl (C=O) groups excluding carboxylic acids is 1. The fourth-order valence-corrected chi connectivity index (χ4v) is 3.99. The number of aromatic nitrogens is 1. The van der Waals surface area contributed by atoms with Crippen molar-refractivity contribution in [3.63, 3.8) is 0 Å². The van der Waals surface area contributed by atoms with Crippen molar-refractivity contribution in [2.75, 3.05) is 5.32 Å². The molecule has 5 heteroatoms. The normalized spacial score (nSPS) is 16.9. The van der Waals surface area contributed by atoms with Gasteiger partial charge in [-0.1, -0.05) is 6.92 Å². The van der Waals surface area contributed by atoms with Crippen molar-refractivity contribution in [3.05, 3.63) is 46.1 Å². The molecular formula is C16H15N3OS. The van der Waals surface area contributed by atoms with Crippen LogP contribution in [0.3, 0.4) is 0 Å². The van der Waals surface area contributed by atoms with E-state index >= 15 is 0 Å². The van der Waals surface area contributed by atoms with E-state index in [1.54, 1.807) is 35.9 Å². The van der Waals surface area contributed by atoms with E-state index in [4.69, 9.17) is 0 Å². The second kappa shape index (κ2) is 5.66. The van der Waals surface area contributed by atoms with Gasteiger partial charge in [-0.25, -0.2) is 0 Å². The van der Waals surface area contributed by atoms with E-state index in [1.165, 1.54) is 4.88 Å². The predicted molar refractivity (Wildman–Crippen MR) is 82.4 cm³/mol. The molecule has 2 aromatic heterocycles. The molecule has 0 aliphatic heterocycles. The molecule has 3 rings (SSSR count). The van der Waals surface area contributed by atoms with Gasteiger partial charge in [-0.15, -0.1) is 11.3 Å². The average molecular weight is 297 g/mol. The first-order valence-corrected chi connectivity index (χ1v) is 7.76. The van der Waals surface area contributed by atoms with Crippen molar-refractivity contribution in [3.8, 4) is 6.07 Å². The summed E-state index contributed by atoms with van der Waals surface area (Å²) in [6.07, 6.45) is 6.21. The Morgan fingerprint density at radius 3 is 2.95 bits per heavy atom. The standard InChI is InChI=1S/C16H15N3OS/c1-10-2-3-12-13(9-17)16(21-14(12)8-10)19-15(20)11-4-6-18-7-5-11/h4-7,10H,2-3,8H2,1H3,(H,19,20)/t10-/m1/s1. The number of nitriles is 1. The van der Waals surface area contributed by atoms with E-state index < -0.39 is 0 Å². The summed E-state index contributed by atoms with van der Waals surface area (Å²) in [4.78, 5) is 17.4. The number of rotatable bonds is 2. The van der Waals surface area contributed by atoms with Crippen molar-refractivity contribution < 1.29 is 4.79 Å². The van der Waals surface area contributed by atoms with Gasteiger partial charge >= 0.3 is 0 Å². The van der Waals surface area contributed by atoms with E-state index in [2.05, 4.69) is 23.3 Å². The lowest BCUT2D eigenvalue weighted by Crippen LogP contribution is -2.12. The molecule has 1 aliphatic rings. The molecule has 2 aromatic rings. The third kappa shape index (κ3) is 2.67. The quantitative estimate of drug-likeness (QED) is 0.924. The summed E-state index contributed by atoms with van der Waals surface area (Å²) in [6.45, 7) is 2.23. The maximum Gasteiger partial charge on any atom is 0.256 e. The van der Waals surface area contributed by atoms with Gasteiger partial charge in [0, 0.05) is 22.8 Å². The van der Waals surface area contributed by atoms with Gasteiger partial charge in [-0.05, 0) is 42.9 Å².